The molecular weight excluding hydrogens is 483 g/mol. The van der Waals surface area contributed by atoms with Gasteiger partial charge >= 0.3 is 0 Å². The lowest BCUT2D eigenvalue weighted by Gasteiger charge is -2.17. The van der Waals surface area contributed by atoms with Crippen LogP contribution in [-0.2, 0) is 10.0 Å². The van der Waals surface area contributed by atoms with Crippen LogP contribution in [0.2, 0.25) is 0 Å². The third kappa shape index (κ3) is 5.58. The minimum atomic E-state index is -3.66. The van der Waals surface area contributed by atoms with Crippen molar-refractivity contribution in [3.63, 3.8) is 0 Å². The third-order valence-electron chi connectivity index (χ3n) is 5.57. The minimum Gasteiger partial charge on any atom is -0.487 e. The van der Waals surface area contributed by atoms with E-state index in [1.807, 2.05) is 0 Å². The Morgan fingerprint density at radius 1 is 0.944 bits per heavy atom. The predicted molar refractivity (Wildman–Crippen MR) is 133 cm³/mol. The Labute approximate surface area is 208 Å². The summed E-state index contributed by atoms with van der Waals surface area (Å²) in [6.45, 7) is 0.661. The van der Waals surface area contributed by atoms with Gasteiger partial charge in [-0.05, 0) is 73.2 Å². The van der Waals surface area contributed by atoms with Crippen molar-refractivity contribution in [1.82, 2.24) is 19.3 Å². The SMILES string of the molecule is O=S(=O)(c1ccc(Nc2nccc(Nc3ccc(F)cc3)n2)cc1)N1CCC(Oc2cccnc2)C1. The summed E-state index contributed by atoms with van der Waals surface area (Å²) in [4.78, 5) is 12.8. The highest BCUT2D eigenvalue weighted by atomic mass is 32.2. The van der Waals surface area contributed by atoms with Crippen molar-refractivity contribution in [2.45, 2.75) is 17.4 Å². The highest BCUT2D eigenvalue weighted by molar-refractivity contribution is 7.89. The maximum absolute atomic E-state index is 13.1. The zero-order valence-corrected chi connectivity index (χ0v) is 19.9. The largest absolute Gasteiger partial charge is 0.487 e. The number of nitrogens with one attached hydrogen (secondary N) is 2. The first kappa shape index (κ1) is 23.6. The molecule has 4 aromatic rings. The van der Waals surface area contributed by atoms with Crippen LogP contribution in [0.3, 0.4) is 0 Å². The standard InChI is InChI=1S/C25H23FN6O3S/c26-18-3-5-19(6-4-18)29-24-11-14-28-25(31-24)30-20-7-9-23(10-8-20)36(33,34)32-15-12-22(17-32)35-21-2-1-13-27-16-21/h1-11,13-14,16,22H,12,15,17H2,(H2,28,29,30,31). The van der Waals surface area contributed by atoms with Gasteiger partial charge in [0.25, 0.3) is 0 Å². The van der Waals surface area contributed by atoms with E-state index in [9.17, 15) is 12.8 Å². The van der Waals surface area contributed by atoms with Gasteiger partial charge in [-0.2, -0.15) is 9.29 Å². The molecule has 1 atom stereocenters. The van der Waals surface area contributed by atoms with Gasteiger partial charge in [-0.15, -0.1) is 0 Å². The molecule has 0 amide bonds. The molecule has 1 unspecified atom stereocenters. The number of halogens is 1. The average molecular weight is 507 g/mol. The Morgan fingerprint density at radius 2 is 1.69 bits per heavy atom. The minimum absolute atomic E-state index is 0.197. The fraction of sp³-hybridized carbons (Fsp3) is 0.160. The third-order valence-corrected chi connectivity index (χ3v) is 7.44. The summed E-state index contributed by atoms with van der Waals surface area (Å²) >= 11 is 0. The molecule has 3 heterocycles. The van der Waals surface area contributed by atoms with Crippen LogP contribution in [0, 0.1) is 5.82 Å². The topological polar surface area (TPSA) is 109 Å². The Kier molecular flexibility index (Phi) is 6.74. The van der Waals surface area contributed by atoms with Crippen LogP contribution in [0.25, 0.3) is 0 Å². The van der Waals surface area contributed by atoms with Gasteiger partial charge in [0.15, 0.2) is 0 Å². The van der Waals surface area contributed by atoms with E-state index in [2.05, 4.69) is 25.6 Å². The molecule has 0 radical (unpaired) electrons. The maximum Gasteiger partial charge on any atom is 0.243 e. The molecule has 1 aliphatic rings. The average Bonchev–Trinajstić information content (AvgIpc) is 3.36. The number of hydrogen-bond donors (Lipinski definition) is 2. The second kappa shape index (κ2) is 10.3. The summed E-state index contributed by atoms with van der Waals surface area (Å²) in [5.41, 5.74) is 1.32. The lowest BCUT2D eigenvalue weighted by molar-refractivity contribution is 0.214. The van der Waals surface area contributed by atoms with Crippen LogP contribution in [0.4, 0.5) is 27.5 Å². The van der Waals surface area contributed by atoms with Crippen molar-refractivity contribution in [2.75, 3.05) is 23.7 Å². The van der Waals surface area contributed by atoms with E-state index in [-0.39, 0.29) is 23.4 Å². The van der Waals surface area contributed by atoms with Crippen molar-refractivity contribution in [1.29, 1.82) is 0 Å². The molecule has 2 aromatic heterocycles. The zero-order valence-electron chi connectivity index (χ0n) is 19.1. The number of aromatic nitrogens is 3. The van der Waals surface area contributed by atoms with Gasteiger partial charge in [-0.1, -0.05) is 0 Å². The van der Waals surface area contributed by atoms with Crippen LogP contribution in [0.15, 0.2) is 90.2 Å². The molecule has 0 aliphatic carbocycles. The van der Waals surface area contributed by atoms with Crippen molar-refractivity contribution in [3.8, 4) is 5.75 Å². The first-order valence-corrected chi connectivity index (χ1v) is 12.7. The summed E-state index contributed by atoms with van der Waals surface area (Å²) in [5, 5.41) is 6.15. The molecule has 11 heteroatoms. The lowest BCUT2D eigenvalue weighted by Crippen LogP contribution is -2.31. The number of hydrogen-bond acceptors (Lipinski definition) is 8. The van der Waals surface area contributed by atoms with Gasteiger partial charge in [-0.3, -0.25) is 4.98 Å². The highest BCUT2D eigenvalue weighted by Gasteiger charge is 2.33. The molecule has 36 heavy (non-hydrogen) atoms. The molecule has 1 saturated heterocycles. The molecule has 5 rings (SSSR count). The van der Waals surface area contributed by atoms with E-state index in [0.29, 0.717) is 41.9 Å². The Morgan fingerprint density at radius 3 is 2.44 bits per heavy atom. The van der Waals surface area contributed by atoms with E-state index in [1.165, 1.54) is 16.4 Å². The van der Waals surface area contributed by atoms with Gasteiger partial charge in [0.2, 0.25) is 16.0 Å². The lowest BCUT2D eigenvalue weighted by atomic mass is 10.3. The predicted octanol–water partition coefficient (Wildman–Crippen LogP) is 4.34. The van der Waals surface area contributed by atoms with Crippen LogP contribution in [0.5, 0.6) is 5.75 Å². The van der Waals surface area contributed by atoms with Gasteiger partial charge in [0.05, 0.1) is 17.6 Å². The van der Waals surface area contributed by atoms with E-state index < -0.39 is 10.0 Å². The van der Waals surface area contributed by atoms with Crippen LogP contribution < -0.4 is 15.4 Å². The summed E-state index contributed by atoms with van der Waals surface area (Å²) < 4.78 is 46.6. The van der Waals surface area contributed by atoms with Gasteiger partial charge in [-0.25, -0.2) is 17.8 Å². The number of anilines is 4. The normalized spacial score (nSPS) is 16.0. The monoisotopic (exact) mass is 506 g/mol. The van der Waals surface area contributed by atoms with Crippen LogP contribution >= 0.6 is 0 Å². The smallest absolute Gasteiger partial charge is 0.243 e. The van der Waals surface area contributed by atoms with Gasteiger partial charge in [0.1, 0.15) is 23.5 Å². The number of sulfonamides is 1. The summed E-state index contributed by atoms with van der Waals surface area (Å²) in [5.74, 6) is 1.15. The number of rotatable bonds is 8. The number of benzene rings is 2. The van der Waals surface area contributed by atoms with Gasteiger partial charge in [0, 0.05) is 30.3 Å². The highest BCUT2D eigenvalue weighted by Crippen LogP contribution is 2.25. The molecule has 1 aliphatic heterocycles. The summed E-state index contributed by atoms with van der Waals surface area (Å²) in [6, 6.07) is 17.6. The Bertz CT molecular complexity index is 1420. The van der Waals surface area contributed by atoms with Crippen molar-refractivity contribution >= 4 is 33.2 Å². The molecule has 1 fully saturated rings. The molecule has 9 nitrogen and oxygen atoms in total. The van der Waals surface area contributed by atoms with E-state index in [4.69, 9.17) is 4.74 Å². The van der Waals surface area contributed by atoms with E-state index in [1.54, 1.807) is 73.2 Å². The number of ether oxygens (including phenoxy) is 1. The molecule has 0 bridgehead atoms. The molecule has 184 valence electrons. The van der Waals surface area contributed by atoms with Crippen molar-refractivity contribution < 1.29 is 17.5 Å². The first-order valence-electron chi connectivity index (χ1n) is 11.3. The maximum atomic E-state index is 13.1. The second-order valence-corrected chi connectivity index (χ2v) is 10.1. The summed E-state index contributed by atoms with van der Waals surface area (Å²) in [7, 11) is -3.66. The number of pyridine rings is 1. The fourth-order valence-corrected chi connectivity index (χ4v) is 5.27. The number of nitrogens with zero attached hydrogens (tertiary/aromatic N) is 4. The van der Waals surface area contributed by atoms with Crippen molar-refractivity contribution in [3.05, 3.63) is 91.1 Å². The molecule has 0 saturated carbocycles. The Hall–Kier alpha value is -4.09. The van der Waals surface area contributed by atoms with E-state index >= 15 is 0 Å². The van der Waals surface area contributed by atoms with E-state index in [0.717, 1.165) is 0 Å². The quantitative estimate of drug-likeness (QED) is 0.363. The first-order chi connectivity index (χ1) is 17.5. The molecule has 2 N–H and O–H groups in total. The Balaban J connectivity index is 1.22. The molecular formula is C25H23FN6O3S. The fourth-order valence-electron chi connectivity index (χ4n) is 3.78. The van der Waals surface area contributed by atoms with Crippen LogP contribution in [0.1, 0.15) is 6.42 Å². The van der Waals surface area contributed by atoms with Crippen LogP contribution in [-0.4, -0.2) is 46.9 Å². The summed E-state index contributed by atoms with van der Waals surface area (Å²) in [6.07, 6.45) is 5.23. The molecule has 2 aromatic carbocycles. The molecule has 0 spiro atoms. The van der Waals surface area contributed by atoms with Crippen molar-refractivity contribution in [2.24, 2.45) is 0 Å². The van der Waals surface area contributed by atoms with Gasteiger partial charge < -0.3 is 15.4 Å². The zero-order chi connectivity index (χ0) is 25.0. The second-order valence-electron chi connectivity index (χ2n) is 8.13.